The van der Waals surface area contributed by atoms with Gasteiger partial charge in [0.1, 0.15) is 11.9 Å². The minimum atomic E-state index is -0.426. The summed E-state index contributed by atoms with van der Waals surface area (Å²) in [5.74, 6) is 0.313. The molecule has 3 N–H and O–H groups in total. The first-order valence-corrected chi connectivity index (χ1v) is 4.84. The highest BCUT2D eigenvalue weighted by molar-refractivity contribution is 5.92. The molecule has 0 bridgehead atoms. The van der Waals surface area contributed by atoms with Crippen molar-refractivity contribution >= 4 is 5.91 Å². The number of benzene rings is 1. The summed E-state index contributed by atoms with van der Waals surface area (Å²) in [6.45, 7) is 2.75. The highest BCUT2D eigenvalue weighted by atomic mass is 16.5. The molecule has 0 aromatic heterocycles. The van der Waals surface area contributed by atoms with Crippen LogP contribution in [0, 0.1) is 0 Å². The Hall–Kier alpha value is -1.55. The van der Waals surface area contributed by atoms with Crippen LogP contribution in [-0.4, -0.2) is 25.6 Å². The monoisotopic (exact) mass is 208 g/mol. The second-order valence-electron chi connectivity index (χ2n) is 3.37. The molecule has 1 aromatic rings. The Morgan fingerprint density at radius 1 is 1.47 bits per heavy atom. The second kappa shape index (κ2) is 5.36. The van der Waals surface area contributed by atoms with Crippen LogP contribution < -0.4 is 15.8 Å². The van der Waals surface area contributed by atoms with E-state index in [0.29, 0.717) is 5.56 Å². The molecule has 0 fully saturated rings. The second-order valence-corrected chi connectivity index (χ2v) is 3.37. The van der Waals surface area contributed by atoms with E-state index in [9.17, 15) is 4.79 Å². The van der Waals surface area contributed by atoms with Crippen LogP contribution >= 0.6 is 0 Å². The van der Waals surface area contributed by atoms with Crippen LogP contribution in [0.25, 0.3) is 0 Å². The SMILES string of the molecule is CNCC(C)Oc1ccc(C(N)=O)cc1. The molecular formula is C11H16N2O2. The van der Waals surface area contributed by atoms with Crippen molar-refractivity contribution in [3.8, 4) is 5.75 Å². The van der Waals surface area contributed by atoms with Gasteiger partial charge in [0.2, 0.25) is 5.91 Å². The van der Waals surface area contributed by atoms with Gasteiger partial charge in [0.15, 0.2) is 0 Å². The fourth-order valence-electron chi connectivity index (χ4n) is 1.26. The van der Waals surface area contributed by atoms with Gasteiger partial charge in [-0.1, -0.05) is 0 Å². The van der Waals surface area contributed by atoms with Crippen molar-refractivity contribution in [3.63, 3.8) is 0 Å². The van der Waals surface area contributed by atoms with E-state index < -0.39 is 5.91 Å². The minimum Gasteiger partial charge on any atom is -0.489 e. The van der Waals surface area contributed by atoms with Crippen LogP contribution in [0.3, 0.4) is 0 Å². The first kappa shape index (κ1) is 11.5. The summed E-state index contributed by atoms with van der Waals surface area (Å²) < 4.78 is 5.57. The molecule has 15 heavy (non-hydrogen) atoms. The minimum absolute atomic E-state index is 0.0921. The third kappa shape index (κ3) is 3.59. The number of primary amides is 1. The molecule has 1 rings (SSSR count). The maximum atomic E-state index is 10.8. The summed E-state index contributed by atoms with van der Waals surface area (Å²) in [4.78, 5) is 10.8. The molecule has 1 unspecified atom stereocenters. The zero-order chi connectivity index (χ0) is 11.3. The zero-order valence-electron chi connectivity index (χ0n) is 8.99. The molecule has 0 radical (unpaired) electrons. The fourth-order valence-corrected chi connectivity index (χ4v) is 1.26. The van der Waals surface area contributed by atoms with E-state index in [-0.39, 0.29) is 6.10 Å². The van der Waals surface area contributed by atoms with E-state index in [2.05, 4.69) is 5.32 Å². The molecule has 4 nitrogen and oxygen atoms in total. The number of nitrogens with one attached hydrogen (secondary N) is 1. The van der Waals surface area contributed by atoms with E-state index in [0.717, 1.165) is 12.3 Å². The molecule has 0 spiro atoms. The molecule has 0 saturated heterocycles. The van der Waals surface area contributed by atoms with E-state index in [1.807, 2.05) is 14.0 Å². The van der Waals surface area contributed by atoms with Gasteiger partial charge in [0.05, 0.1) is 0 Å². The molecule has 0 aliphatic rings. The number of carbonyl (C=O) groups excluding carboxylic acids is 1. The van der Waals surface area contributed by atoms with Crippen LogP contribution in [0.5, 0.6) is 5.75 Å². The highest BCUT2D eigenvalue weighted by Gasteiger charge is 2.03. The Balaban J connectivity index is 2.60. The lowest BCUT2D eigenvalue weighted by Crippen LogP contribution is -2.26. The lowest BCUT2D eigenvalue weighted by molar-refractivity contribution is 0.100. The summed E-state index contributed by atoms with van der Waals surface area (Å²) >= 11 is 0. The van der Waals surface area contributed by atoms with Crippen molar-refractivity contribution in [1.29, 1.82) is 0 Å². The topological polar surface area (TPSA) is 64.3 Å². The van der Waals surface area contributed by atoms with Crippen LogP contribution in [0.15, 0.2) is 24.3 Å². The summed E-state index contributed by atoms with van der Waals surface area (Å²) in [5.41, 5.74) is 5.61. The standard InChI is InChI=1S/C11H16N2O2/c1-8(7-13-2)15-10-5-3-9(4-6-10)11(12)14/h3-6,8,13H,7H2,1-2H3,(H2,12,14). The average molecular weight is 208 g/mol. The molecule has 1 amide bonds. The first-order chi connectivity index (χ1) is 7.13. The van der Waals surface area contributed by atoms with Gasteiger partial charge in [-0.3, -0.25) is 4.79 Å². The summed E-state index contributed by atoms with van der Waals surface area (Å²) in [6, 6.07) is 6.80. The fraction of sp³-hybridized carbons (Fsp3) is 0.364. The predicted molar refractivity (Wildman–Crippen MR) is 59.0 cm³/mol. The smallest absolute Gasteiger partial charge is 0.248 e. The number of hydrogen-bond acceptors (Lipinski definition) is 3. The van der Waals surface area contributed by atoms with Crippen LogP contribution in [-0.2, 0) is 0 Å². The number of rotatable bonds is 5. The van der Waals surface area contributed by atoms with E-state index >= 15 is 0 Å². The highest BCUT2D eigenvalue weighted by Crippen LogP contribution is 2.13. The van der Waals surface area contributed by atoms with Crippen molar-refractivity contribution in [1.82, 2.24) is 5.32 Å². The van der Waals surface area contributed by atoms with Gasteiger partial charge in [-0.25, -0.2) is 0 Å². The molecule has 82 valence electrons. The summed E-state index contributed by atoms with van der Waals surface area (Å²) in [5, 5.41) is 3.02. The Labute approximate surface area is 89.4 Å². The third-order valence-corrected chi connectivity index (χ3v) is 1.97. The molecule has 1 atom stereocenters. The predicted octanol–water partition coefficient (Wildman–Crippen LogP) is 0.772. The van der Waals surface area contributed by atoms with Gasteiger partial charge >= 0.3 is 0 Å². The average Bonchev–Trinajstić information content (AvgIpc) is 2.18. The molecule has 0 saturated carbocycles. The van der Waals surface area contributed by atoms with E-state index in [1.54, 1.807) is 24.3 Å². The van der Waals surface area contributed by atoms with Gasteiger partial charge in [-0.15, -0.1) is 0 Å². The quantitative estimate of drug-likeness (QED) is 0.751. The maximum absolute atomic E-state index is 10.8. The van der Waals surface area contributed by atoms with Gasteiger partial charge in [0.25, 0.3) is 0 Å². The van der Waals surface area contributed by atoms with Crippen molar-refractivity contribution < 1.29 is 9.53 Å². The number of nitrogens with two attached hydrogens (primary N) is 1. The Bertz CT molecular complexity index is 322. The molecule has 4 heteroatoms. The van der Waals surface area contributed by atoms with Gasteiger partial charge in [-0.05, 0) is 38.2 Å². The number of hydrogen-bond donors (Lipinski definition) is 2. The lowest BCUT2D eigenvalue weighted by Gasteiger charge is -2.13. The van der Waals surface area contributed by atoms with Crippen molar-refractivity contribution in [2.45, 2.75) is 13.0 Å². The van der Waals surface area contributed by atoms with Gasteiger partial charge < -0.3 is 15.8 Å². The lowest BCUT2D eigenvalue weighted by atomic mass is 10.2. The number of likely N-dealkylation sites (N-methyl/N-ethyl adjacent to an activating group) is 1. The van der Waals surface area contributed by atoms with E-state index in [1.165, 1.54) is 0 Å². The first-order valence-electron chi connectivity index (χ1n) is 4.84. The van der Waals surface area contributed by atoms with Crippen molar-refractivity contribution in [3.05, 3.63) is 29.8 Å². The zero-order valence-corrected chi connectivity index (χ0v) is 8.99. The van der Waals surface area contributed by atoms with Crippen molar-refractivity contribution in [2.24, 2.45) is 5.73 Å². The summed E-state index contributed by atoms with van der Waals surface area (Å²) in [6.07, 6.45) is 0.0921. The third-order valence-electron chi connectivity index (χ3n) is 1.97. The number of amides is 1. The molecule has 0 aliphatic carbocycles. The molecule has 1 aromatic carbocycles. The number of carbonyl (C=O) groups is 1. The van der Waals surface area contributed by atoms with Gasteiger partial charge in [0, 0.05) is 12.1 Å². The van der Waals surface area contributed by atoms with E-state index in [4.69, 9.17) is 10.5 Å². The normalized spacial score (nSPS) is 12.1. The van der Waals surface area contributed by atoms with Crippen molar-refractivity contribution in [2.75, 3.05) is 13.6 Å². The Morgan fingerprint density at radius 2 is 2.07 bits per heavy atom. The van der Waals surface area contributed by atoms with Crippen LogP contribution in [0.1, 0.15) is 17.3 Å². The van der Waals surface area contributed by atoms with Gasteiger partial charge in [-0.2, -0.15) is 0 Å². The summed E-state index contributed by atoms with van der Waals surface area (Å²) in [7, 11) is 1.87. The van der Waals surface area contributed by atoms with Crippen LogP contribution in [0.2, 0.25) is 0 Å². The largest absolute Gasteiger partial charge is 0.489 e. The Morgan fingerprint density at radius 3 is 2.53 bits per heavy atom. The molecule has 0 aliphatic heterocycles. The number of ether oxygens (including phenoxy) is 1. The van der Waals surface area contributed by atoms with Crippen LogP contribution in [0.4, 0.5) is 0 Å². The molecule has 0 heterocycles. The molecular weight excluding hydrogens is 192 g/mol. The maximum Gasteiger partial charge on any atom is 0.248 e. The Kier molecular flexibility index (Phi) is 4.12.